The van der Waals surface area contributed by atoms with Crippen molar-refractivity contribution in [3.05, 3.63) is 65.0 Å². The van der Waals surface area contributed by atoms with Gasteiger partial charge in [-0.3, -0.25) is 0 Å². The van der Waals surface area contributed by atoms with E-state index in [-0.39, 0.29) is 23.8 Å². The van der Waals surface area contributed by atoms with Gasteiger partial charge in [-0.25, -0.2) is 4.79 Å². The summed E-state index contributed by atoms with van der Waals surface area (Å²) in [7, 11) is 0. The van der Waals surface area contributed by atoms with E-state index < -0.39 is 5.97 Å². The molecule has 0 saturated carbocycles. The van der Waals surface area contributed by atoms with Crippen molar-refractivity contribution in [3.63, 3.8) is 0 Å². The van der Waals surface area contributed by atoms with E-state index in [2.05, 4.69) is 10.1 Å². The SMILES string of the molecule is O=C(O)c1ccccc1OCc1nc(-c2ccccc2Cl)no1. The highest BCUT2D eigenvalue weighted by molar-refractivity contribution is 6.33. The summed E-state index contributed by atoms with van der Waals surface area (Å²) >= 11 is 6.08. The third kappa shape index (κ3) is 3.32. The number of carboxylic acids is 1. The highest BCUT2D eigenvalue weighted by Gasteiger charge is 2.14. The smallest absolute Gasteiger partial charge is 0.339 e. The molecule has 0 fully saturated rings. The lowest BCUT2D eigenvalue weighted by Crippen LogP contribution is -2.03. The van der Waals surface area contributed by atoms with E-state index in [1.807, 2.05) is 6.07 Å². The van der Waals surface area contributed by atoms with Crippen LogP contribution in [0.15, 0.2) is 53.1 Å². The molecule has 0 aliphatic heterocycles. The maximum Gasteiger partial charge on any atom is 0.339 e. The zero-order valence-corrected chi connectivity index (χ0v) is 12.5. The summed E-state index contributed by atoms with van der Waals surface area (Å²) in [6, 6.07) is 13.5. The molecule has 0 spiro atoms. The maximum atomic E-state index is 11.1. The quantitative estimate of drug-likeness (QED) is 0.768. The van der Waals surface area contributed by atoms with Gasteiger partial charge in [0.2, 0.25) is 5.82 Å². The number of carbonyl (C=O) groups is 1. The first kappa shape index (κ1) is 15.1. The van der Waals surface area contributed by atoms with Crippen LogP contribution >= 0.6 is 11.6 Å². The molecule has 0 unspecified atom stereocenters. The van der Waals surface area contributed by atoms with E-state index in [1.165, 1.54) is 6.07 Å². The van der Waals surface area contributed by atoms with Crippen molar-refractivity contribution in [1.82, 2.24) is 10.1 Å². The van der Waals surface area contributed by atoms with Gasteiger partial charge in [-0.1, -0.05) is 41.0 Å². The molecular weight excluding hydrogens is 320 g/mol. The van der Waals surface area contributed by atoms with E-state index in [1.54, 1.807) is 36.4 Å². The number of carboxylic acid groups (broad SMARTS) is 1. The topological polar surface area (TPSA) is 85.5 Å². The first-order valence-electron chi connectivity index (χ1n) is 6.68. The number of aromatic nitrogens is 2. The van der Waals surface area contributed by atoms with Crippen LogP contribution in [0.3, 0.4) is 0 Å². The minimum absolute atomic E-state index is 0.0399. The van der Waals surface area contributed by atoms with Gasteiger partial charge in [0.05, 0.1) is 5.02 Å². The zero-order valence-electron chi connectivity index (χ0n) is 11.8. The number of nitrogens with zero attached hydrogens (tertiary/aromatic N) is 2. The second-order valence-electron chi connectivity index (χ2n) is 4.58. The Bertz CT molecular complexity index is 847. The molecule has 3 aromatic rings. The zero-order chi connectivity index (χ0) is 16.2. The maximum absolute atomic E-state index is 11.1. The Hall–Kier alpha value is -2.86. The van der Waals surface area contributed by atoms with Crippen LogP contribution in [-0.4, -0.2) is 21.2 Å². The van der Waals surface area contributed by atoms with Crippen molar-refractivity contribution < 1.29 is 19.2 Å². The van der Waals surface area contributed by atoms with E-state index in [0.29, 0.717) is 16.4 Å². The Morgan fingerprint density at radius 1 is 1.17 bits per heavy atom. The number of halogens is 1. The Balaban J connectivity index is 1.76. The first-order chi connectivity index (χ1) is 11.1. The van der Waals surface area contributed by atoms with Crippen LogP contribution in [0.4, 0.5) is 0 Å². The predicted molar refractivity (Wildman–Crippen MR) is 82.5 cm³/mol. The molecule has 0 bridgehead atoms. The number of benzene rings is 2. The fraction of sp³-hybridized carbons (Fsp3) is 0.0625. The van der Waals surface area contributed by atoms with Gasteiger partial charge < -0.3 is 14.4 Å². The molecule has 0 radical (unpaired) electrons. The first-order valence-corrected chi connectivity index (χ1v) is 7.05. The molecule has 0 aliphatic rings. The van der Waals surface area contributed by atoms with Gasteiger partial charge in [-0.05, 0) is 24.3 Å². The molecule has 1 N–H and O–H groups in total. The molecule has 0 atom stereocenters. The van der Waals surface area contributed by atoms with Gasteiger partial charge in [0, 0.05) is 5.56 Å². The van der Waals surface area contributed by atoms with Crippen molar-refractivity contribution in [3.8, 4) is 17.1 Å². The summed E-state index contributed by atoms with van der Waals surface area (Å²) < 4.78 is 10.6. The van der Waals surface area contributed by atoms with Crippen LogP contribution in [0.25, 0.3) is 11.4 Å². The van der Waals surface area contributed by atoms with Gasteiger partial charge >= 0.3 is 5.97 Å². The highest BCUT2D eigenvalue weighted by Crippen LogP contribution is 2.25. The monoisotopic (exact) mass is 330 g/mol. The van der Waals surface area contributed by atoms with Gasteiger partial charge in [0.1, 0.15) is 11.3 Å². The minimum atomic E-state index is -1.07. The summed E-state index contributed by atoms with van der Waals surface area (Å²) in [5.41, 5.74) is 0.716. The largest absolute Gasteiger partial charge is 0.483 e. The van der Waals surface area contributed by atoms with Crippen LogP contribution in [0.5, 0.6) is 5.75 Å². The summed E-state index contributed by atoms with van der Waals surface area (Å²) in [5.74, 6) is -0.263. The lowest BCUT2D eigenvalue weighted by Gasteiger charge is -2.06. The molecule has 0 amide bonds. The molecule has 2 aromatic carbocycles. The van der Waals surface area contributed by atoms with Crippen LogP contribution in [0.1, 0.15) is 16.2 Å². The number of rotatable bonds is 5. The second kappa shape index (κ2) is 6.50. The van der Waals surface area contributed by atoms with Crippen molar-refractivity contribution >= 4 is 17.6 Å². The molecule has 0 saturated heterocycles. The number of hydrogen-bond acceptors (Lipinski definition) is 5. The third-order valence-corrected chi connectivity index (χ3v) is 3.38. The Morgan fingerprint density at radius 3 is 2.70 bits per heavy atom. The predicted octanol–water partition coefficient (Wildman–Crippen LogP) is 3.67. The lowest BCUT2D eigenvalue weighted by molar-refractivity contribution is 0.0691. The van der Waals surface area contributed by atoms with Crippen LogP contribution in [0.2, 0.25) is 5.02 Å². The van der Waals surface area contributed by atoms with Gasteiger partial charge in [0.15, 0.2) is 6.61 Å². The van der Waals surface area contributed by atoms with Crippen LogP contribution in [0, 0.1) is 0 Å². The molecule has 0 aliphatic carbocycles. The summed E-state index contributed by atoms with van der Waals surface area (Å²) in [6.07, 6.45) is 0. The minimum Gasteiger partial charge on any atom is -0.483 e. The van der Waals surface area contributed by atoms with Gasteiger partial charge in [-0.15, -0.1) is 0 Å². The van der Waals surface area contributed by atoms with Gasteiger partial charge in [-0.2, -0.15) is 4.98 Å². The van der Waals surface area contributed by atoms with Crippen LogP contribution in [-0.2, 0) is 6.61 Å². The molecule has 23 heavy (non-hydrogen) atoms. The fourth-order valence-corrected chi connectivity index (χ4v) is 2.19. The number of aromatic carboxylic acids is 1. The number of para-hydroxylation sites is 1. The lowest BCUT2D eigenvalue weighted by atomic mass is 10.2. The van der Waals surface area contributed by atoms with E-state index in [4.69, 9.17) is 26.0 Å². The van der Waals surface area contributed by atoms with Crippen molar-refractivity contribution in [2.45, 2.75) is 6.61 Å². The summed E-state index contributed by atoms with van der Waals surface area (Å²) in [4.78, 5) is 15.3. The Kier molecular flexibility index (Phi) is 4.25. The average molecular weight is 331 g/mol. The Morgan fingerprint density at radius 2 is 1.91 bits per heavy atom. The molecule has 7 heteroatoms. The fourth-order valence-electron chi connectivity index (χ4n) is 1.97. The Labute approximate surface area is 136 Å². The second-order valence-corrected chi connectivity index (χ2v) is 4.99. The molecule has 116 valence electrons. The number of hydrogen-bond donors (Lipinski definition) is 1. The third-order valence-electron chi connectivity index (χ3n) is 3.05. The van der Waals surface area contributed by atoms with E-state index in [0.717, 1.165) is 0 Å². The normalized spacial score (nSPS) is 10.5. The molecule has 1 heterocycles. The van der Waals surface area contributed by atoms with Crippen molar-refractivity contribution in [2.24, 2.45) is 0 Å². The summed E-state index contributed by atoms with van der Waals surface area (Å²) in [5, 5.41) is 13.5. The number of ether oxygens (including phenoxy) is 1. The average Bonchev–Trinajstić information content (AvgIpc) is 3.02. The van der Waals surface area contributed by atoms with E-state index >= 15 is 0 Å². The summed E-state index contributed by atoms with van der Waals surface area (Å²) in [6.45, 7) is -0.0399. The van der Waals surface area contributed by atoms with Crippen molar-refractivity contribution in [2.75, 3.05) is 0 Å². The van der Waals surface area contributed by atoms with E-state index in [9.17, 15) is 4.79 Å². The molecule has 1 aromatic heterocycles. The molecule has 3 rings (SSSR count). The standard InChI is InChI=1S/C16H11ClN2O4/c17-12-7-3-1-5-10(12)15-18-14(23-19-15)9-22-13-8-4-2-6-11(13)16(20)21/h1-8H,9H2,(H,20,21). The molecular formula is C16H11ClN2O4. The molecule has 6 nitrogen and oxygen atoms in total. The van der Waals surface area contributed by atoms with Crippen LogP contribution < -0.4 is 4.74 Å². The van der Waals surface area contributed by atoms with Crippen molar-refractivity contribution in [1.29, 1.82) is 0 Å². The highest BCUT2D eigenvalue weighted by atomic mass is 35.5. The van der Waals surface area contributed by atoms with Gasteiger partial charge in [0.25, 0.3) is 5.89 Å².